The van der Waals surface area contributed by atoms with E-state index in [-0.39, 0.29) is 34.1 Å². The van der Waals surface area contributed by atoms with E-state index in [4.69, 9.17) is 0 Å². The molecule has 4 rings (SSSR count). The van der Waals surface area contributed by atoms with Gasteiger partial charge in [-0.25, -0.2) is 8.42 Å². The van der Waals surface area contributed by atoms with Gasteiger partial charge in [-0.15, -0.1) is 0 Å². The first-order valence-electron chi connectivity index (χ1n) is 11.7. The van der Waals surface area contributed by atoms with E-state index in [9.17, 15) is 23.1 Å². The summed E-state index contributed by atoms with van der Waals surface area (Å²) in [6.07, 6.45) is 2.69. The summed E-state index contributed by atoms with van der Waals surface area (Å²) in [6.45, 7) is 5.55. The number of phenolic OH excluding ortho intramolecular Hbond substituents is 1. The molecule has 2 aliphatic rings. The Hall–Kier alpha value is -2.91. The SMILES string of the molecule is Cc1ccc(S(=O)(=O)N2CCCCC2C)cc1C(=O)N1CCN(C(=O)c2ccccc2O)CC1. The van der Waals surface area contributed by atoms with Crippen LogP contribution in [0.2, 0.25) is 0 Å². The van der Waals surface area contributed by atoms with Gasteiger partial charge >= 0.3 is 0 Å². The Morgan fingerprint density at radius 3 is 2.12 bits per heavy atom. The number of sulfonamides is 1. The molecular formula is C25H31N3O5S. The molecule has 2 heterocycles. The van der Waals surface area contributed by atoms with Crippen LogP contribution in [0.15, 0.2) is 47.4 Å². The predicted molar refractivity (Wildman–Crippen MR) is 128 cm³/mol. The lowest BCUT2D eigenvalue weighted by molar-refractivity contribution is 0.0533. The lowest BCUT2D eigenvalue weighted by Crippen LogP contribution is -2.50. The van der Waals surface area contributed by atoms with Crippen LogP contribution in [0.25, 0.3) is 0 Å². The number of carbonyl (C=O) groups is 2. The molecule has 0 aliphatic carbocycles. The van der Waals surface area contributed by atoms with Crippen molar-refractivity contribution in [2.45, 2.75) is 44.0 Å². The number of hydrogen-bond acceptors (Lipinski definition) is 5. The Kier molecular flexibility index (Phi) is 6.95. The number of hydrogen-bond donors (Lipinski definition) is 1. The largest absolute Gasteiger partial charge is 0.507 e. The van der Waals surface area contributed by atoms with Crippen LogP contribution in [0.1, 0.15) is 52.5 Å². The van der Waals surface area contributed by atoms with Crippen molar-refractivity contribution in [2.24, 2.45) is 0 Å². The van der Waals surface area contributed by atoms with Gasteiger partial charge in [-0.05, 0) is 56.5 Å². The summed E-state index contributed by atoms with van der Waals surface area (Å²) in [4.78, 5) is 29.5. The highest BCUT2D eigenvalue weighted by Crippen LogP contribution is 2.27. The maximum Gasteiger partial charge on any atom is 0.257 e. The molecule has 0 spiro atoms. The third-order valence-corrected chi connectivity index (χ3v) is 8.79. The zero-order chi connectivity index (χ0) is 24.5. The summed E-state index contributed by atoms with van der Waals surface area (Å²) in [7, 11) is -3.68. The summed E-state index contributed by atoms with van der Waals surface area (Å²) in [5.74, 6) is -0.580. The van der Waals surface area contributed by atoms with Gasteiger partial charge in [0, 0.05) is 44.3 Å². The Morgan fingerprint density at radius 1 is 0.882 bits per heavy atom. The van der Waals surface area contributed by atoms with E-state index in [1.54, 1.807) is 51.4 Å². The summed E-state index contributed by atoms with van der Waals surface area (Å²) in [5, 5.41) is 9.97. The summed E-state index contributed by atoms with van der Waals surface area (Å²) < 4.78 is 28.1. The van der Waals surface area contributed by atoms with Gasteiger partial charge in [-0.3, -0.25) is 9.59 Å². The van der Waals surface area contributed by atoms with Gasteiger partial charge in [0.1, 0.15) is 5.75 Å². The van der Waals surface area contributed by atoms with Crippen LogP contribution in [0.4, 0.5) is 0 Å². The number of para-hydroxylation sites is 1. The van der Waals surface area contributed by atoms with Crippen molar-refractivity contribution in [3.8, 4) is 5.75 Å². The zero-order valence-corrected chi connectivity index (χ0v) is 20.4. The fraction of sp³-hybridized carbons (Fsp3) is 0.440. The Morgan fingerprint density at radius 2 is 1.50 bits per heavy atom. The van der Waals surface area contributed by atoms with Gasteiger partial charge in [0.2, 0.25) is 10.0 Å². The Labute approximate surface area is 200 Å². The van der Waals surface area contributed by atoms with Crippen molar-refractivity contribution >= 4 is 21.8 Å². The standard InChI is InChI=1S/C25H31N3O5S/c1-18-10-11-20(34(32,33)28-12-6-5-7-19(28)2)17-22(18)25(31)27-15-13-26(14-16-27)24(30)21-8-3-4-9-23(21)29/h3-4,8-11,17,19,29H,5-7,12-16H2,1-2H3. The van der Waals surface area contributed by atoms with Crippen LogP contribution in [0, 0.1) is 6.92 Å². The lowest BCUT2D eigenvalue weighted by atomic mass is 10.1. The fourth-order valence-corrected chi connectivity index (χ4v) is 6.39. The summed E-state index contributed by atoms with van der Waals surface area (Å²) in [6, 6.07) is 11.1. The number of benzene rings is 2. The maximum atomic E-state index is 13.3. The van der Waals surface area contributed by atoms with Crippen molar-refractivity contribution in [3.05, 3.63) is 59.2 Å². The van der Waals surface area contributed by atoms with Crippen LogP contribution in [-0.4, -0.2) is 78.2 Å². The number of carbonyl (C=O) groups excluding carboxylic acids is 2. The number of rotatable bonds is 4. The Balaban J connectivity index is 1.49. The molecule has 0 bridgehead atoms. The highest BCUT2D eigenvalue weighted by Gasteiger charge is 2.32. The van der Waals surface area contributed by atoms with Crippen LogP contribution in [0.5, 0.6) is 5.75 Å². The third-order valence-electron chi connectivity index (χ3n) is 6.78. The molecule has 2 saturated heterocycles. The lowest BCUT2D eigenvalue weighted by Gasteiger charge is -2.35. The molecule has 8 nitrogen and oxygen atoms in total. The minimum atomic E-state index is -3.68. The minimum Gasteiger partial charge on any atom is -0.507 e. The third kappa shape index (κ3) is 4.67. The van der Waals surface area contributed by atoms with Crippen molar-refractivity contribution in [2.75, 3.05) is 32.7 Å². The number of piperazine rings is 1. The first-order chi connectivity index (χ1) is 16.2. The number of amides is 2. The van der Waals surface area contributed by atoms with Crippen molar-refractivity contribution < 1.29 is 23.1 Å². The van der Waals surface area contributed by atoms with Crippen molar-refractivity contribution in [3.63, 3.8) is 0 Å². The molecule has 0 radical (unpaired) electrons. The molecule has 9 heteroatoms. The quantitative estimate of drug-likeness (QED) is 0.718. The highest BCUT2D eigenvalue weighted by atomic mass is 32.2. The van der Waals surface area contributed by atoms with Crippen LogP contribution < -0.4 is 0 Å². The number of piperidine rings is 1. The molecule has 1 N–H and O–H groups in total. The van der Waals surface area contributed by atoms with Crippen molar-refractivity contribution in [1.29, 1.82) is 0 Å². The number of nitrogens with zero attached hydrogens (tertiary/aromatic N) is 3. The van der Waals surface area contributed by atoms with Gasteiger partial charge in [0.25, 0.3) is 11.8 Å². The van der Waals surface area contributed by atoms with Gasteiger partial charge in [-0.2, -0.15) is 4.31 Å². The topological polar surface area (TPSA) is 98.2 Å². The number of aryl methyl sites for hydroxylation is 1. The Bertz CT molecular complexity index is 1190. The number of aromatic hydroxyl groups is 1. The fourth-order valence-electron chi connectivity index (χ4n) is 4.66. The highest BCUT2D eigenvalue weighted by molar-refractivity contribution is 7.89. The second-order valence-corrected chi connectivity index (χ2v) is 10.9. The average Bonchev–Trinajstić information content (AvgIpc) is 2.84. The molecule has 2 fully saturated rings. The van der Waals surface area contributed by atoms with E-state index in [0.29, 0.717) is 43.9 Å². The molecule has 0 saturated carbocycles. The van der Waals surface area contributed by atoms with E-state index in [1.165, 1.54) is 12.1 Å². The summed E-state index contributed by atoms with van der Waals surface area (Å²) in [5.41, 5.74) is 1.32. The molecule has 2 aliphatic heterocycles. The maximum absolute atomic E-state index is 13.3. The second kappa shape index (κ2) is 9.76. The molecule has 182 valence electrons. The van der Waals surface area contributed by atoms with Crippen molar-refractivity contribution in [1.82, 2.24) is 14.1 Å². The van der Waals surface area contributed by atoms with E-state index >= 15 is 0 Å². The van der Waals surface area contributed by atoms with Gasteiger partial charge in [-0.1, -0.05) is 24.6 Å². The normalized spacial score (nSPS) is 19.8. The first kappa shape index (κ1) is 24.2. The molecule has 0 aromatic heterocycles. The van der Waals surface area contributed by atoms with Gasteiger partial charge in [0.05, 0.1) is 10.5 Å². The average molecular weight is 486 g/mol. The van der Waals surface area contributed by atoms with Gasteiger partial charge in [0.15, 0.2) is 0 Å². The number of phenols is 1. The van der Waals surface area contributed by atoms with E-state index < -0.39 is 10.0 Å². The van der Waals surface area contributed by atoms with Crippen LogP contribution >= 0.6 is 0 Å². The molecule has 2 amide bonds. The molecule has 34 heavy (non-hydrogen) atoms. The first-order valence-corrected chi connectivity index (χ1v) is 13.1. The van der Waals surface area contributed by atoms with Crippen LogP contribution in [0.3, 0.4) is 0 Å². The minimum absolute atomic E-state index is 0.0612. The second-order valence-electron chi connectivity index (χ2n) is 9.04. The predicted octanol–water partition coefficient (Wildman–Crippen LogP) is 2.86. The van der Waals surface area contributed by atoms with E-state index in [0.717, 1.165) is 19.3 Å². The van der Waals surface area contributed by atoms with Gasteiger partial charge < -0.3 is 14.9 Å². The molecule has 2 aromatic rings. The van der Waals surface area contributed by atoms with E-state index in [1.807, 2.05) is 6.92 Å². The molecular weight excluding hydrogens is 454 g/mol. The monoisotopic (exact) mass is 485 g/mol. The molecule has 1 unspecified atom stereocenters. The smallest absolute Gasteiger partial charge is 0.257 e. The van der Waals surface area contributed by atoms with Crippen LogP contribution in [-0.2, 0) is 10.0 Å². The molecule has 1 atom stereocenters. The molecule has 2 aromatic carbocycles. The zero-order valence-electron chi connectivity index (χ0n) is 19.6. The van der Waals surface area contributed by atoms with E-state index in [2.05, 4.69) is 0 Å². The summed E-state index contributed by atoms with van der Waals surface area (Å²) >= 11 is 0.